The highest BCUT2D eigenvalue weighted by molar-refractivity contribution is 9.10. The second kappa shape index (κ2) is 6.27. The van der Waals surface area contributed by atoms with E-state index in [1.807, 2.05) is 18.2 Å². The van der Waals surface area contributed by atoms with E-state index in [2.05, 4.69) is 26.6 Å². The first-order chi connectivity index (χ1) is 9.74. The van der Waals surface area contributed by atoms with Crippen LogP contribution in [0.1, 0.15) is 20.8 Å². The zero-order chi connectivity index (χ0) is 15.6. The highest BCUT2D eigenvalue weighted by Gasteiger charge is 2.27. The van der Waals surface area contributed by atoms with Crippen molar-refractivity contribution in [2.24, 2.45) is 0 Å². The summed E-state index contributed by atoms with van der Waals surface area (Å²) in [6.07, 6.45) is -0.588. The molecule has 1 aliphatic heterocycles. The van der Waals surface area contributed by atoms with Crippen molar-refractivity contribution in [2.75, 3.05) is 11.1 Å². The fourth-order valence-corrected chi connectivity index (χ4v) is 3.12. The van der Waals surface area contributed by atoms with Crippen molar-refractivity contribution >= 4 is 45.4 Å². The third kappa shape index (κ3) is 4.64. The standard InChI is InChI=1S/C14H17BrN2O3S/c1-14(2,3)20-13(19)17-10-7-21-11-5-4-8(15)6-9(11)16-12(10)18/h4-6,10H,7H2,1-3H3,(H,16,18)(H,17,19)/t10-/m1/s1. The van der Waals surface area contributed by atoms with Gasteiger partial charge < -0.3 is 15.4 Å². The van der Waals surface area contributed by atoms with E-state index in [-0.39, 0.29) is 5.91 Å². The summed E-state index contributed by atoms with van der Waals surface area (Å²) in [4.78, 5) is 24.9. The smallest absolute Gasteiger partial charge is 0.408 e. The predicted octanol–water partition coefficient (Wildman–Crippen LogP) is 3.39. The number of amides is 2. The molecule has 0 radical (unpaired) electrons. The van der Waals surface area contributed by atoms with Gasteiger partial charge in [0.25, 0.3) is 0 Å². The van der Waals surface area contributed by atoms with Crippen LogP contribution in [0.3, 0.4) is 0 Å². The maximum absolute atomic E-state index is 12.2. The van der Waals surface area contributed by atoms with E-state index in [0.717, 1.165) is 15.1 Å². The molecule has 1 heterocycles. The second-order valence-electron chi connectivity index (χ2n) is 5.64. The van der Waals surface area contributed by atoms with Crippen LogP contribution in [0.2, 0.25) is 0 Å². The first-order valence-corrected chi connectivity index (χ1v) is 8.25. The van der Waals surface area contributed by atoms with Gasteiger partial charge in [-0.15, -0.1) is 11.8 Å². The van der Waals surface area contributed by atoms with Gasteiger partial charge in [0.15, 0.2) is 0 Å². The summed E-state index contributed by atoms with van der Waals surface area (Å²) in [7, 11) is 0. The molecule has 0 bridgehead atoms. The highest BCUT2D eigenvalue weighted by Crippen LogP contribution is 2.33. The lowest BCUT2D eigenvalue weighted by atomic mass is 10.2. The Morgan fingerprint density at radius 2 is 2.19 bits per heavy atom. The first kappa shape index (κ1) is 16.2. The quantitative estimate of drug-likeness (QED) is 0.792. The van der Waals surface area contributed by atoms with Gasteiger partial charge in [0, 0.05) is 15.1 Å². The number of rotatable bonds is 1. The van der Waals surface area contributed by atoms with Crippen LogP contribution in [-0.2, 0) is 9.53 Å². The summed E-state index contributed by atoms with van der Waals surface area (Å²) in [6.45, 7) is 5.34. The Bertz CT molecular complexity index is 572. The van der Waals surface area contributed by atoms with Gasteiger partial charge in [-0.05, 0) is 39.0 Å². The summed E-state index contributed by atoms with van der Waals surface area (Å²) >= 11 is 4.89. The number of benzene rings is 1. The molecular weight excluding hydrogens is 356 g/mol. The summed E-state index contributed by atoms with van der Waals surface area (Å²) in [5.41, 5.74) is 0.152. The molecule has 1 aliphatic rings. The monoisotopic (exact) mass is 372 g/mol. The fraction of sp³-hybridized carbons (Fsp3) is 0.429. The summed E-state index contributed by atoms with van der Waals surface area (Å²) in [6, 6.07) is 5.06. The molecule has 0 aromatic heterocycles. The molecule has 7 heteroatoms. The van der Waals surface area contributed by atoms with Crippen molar-refractivity contribution in [3.8, 4) is 0 Å². The van der Waals surface area contributed by atoms with Crippen molar-refractivity contribution in [1.82, 2.24) is 5.32 Å². The van der Waals surface area contributed by atoms with Crippen LogP contribution in [0.15, 0.2) is 27.6 Å². The molecule has 0 fully saturated rings. The van der Waals surface area contributed by atoms with Gasteiger partial charge in [-0.1, -0.05) is 15.9 Å². The van der Waals surface area contributed by atoms with E-state index < -0.39 is 17.7 Å². The number of alkyl carbamates (subject to hydrolysis) is 1. The van der Waals surface area contributed by atoms with Crippen molar-refractivity contribution < 1.29 is 14.3 Å². The zero-order valence-electron chi connectivity index (χ0n) is 12.0. The number of halogens is 1. The van der Waals surface area contributed by atoms with Gasteiger partial charge >= 0.3 is 6.09 Å². The SMILES string of the molecule is CC(C)(C)OC(=O)N[C@@H]1CSc2ccc(Br)cc2NC1=O. The van der Waals surface area contributed by atoms with Crippen LogP contribution in [0, 0.1) is 0 Å². The Balaban J connectivity index is 2.05. The largest absolute Gasteiger partial charge is 0.444 e. The number of carbonyl (C=O) groups is 2. The van der Waals surface area contributed by atoms with Crippen LogP contribution in [-0.4, -0.2) is 29.4 Å². The molecule has 0 spiro atoms. The van der Waals surface area contributed by atoms with Gasteiger partial charge in [-0.3, -0.25) is 4.79 Å². The third-order valence-electron chi connectivity index (χ3n) is 2.61. The van der Waals surface area contributed by atoms with Crippen LogP contribution in [0.25, 0.3) is 0 Å². The number of thioether (sulfide) groups is 1. The Hall–Kier alpha value is -1.21. The van der Waals surface area contributed by atoms with E-state index in [4.69, 9.17) is 4.74 Å². The van der Waals surface area contributed by atoms with E-state index in [1.165, 1.54) is 11.8 Å². The minimum atomic E-state index is -0.629. The number of fused-ring (bicyclic) bond motifs is 1. The fourth-order valence-electron chi connectivity index (χ4n) is 1.75. The average molecular weight is 373 g/mol. The number of anilines is 1. The third-order valence-corrected chi connectivity index (χ3v) is 4.27. The number of carbonyl (C=O) groups excluding carboxylic acids is 2. The molecular formula is C14H17BrN2O3S. The lowest BCUT2D eigenvalue weighted by Gasteiger charge is -2.22. The van der Waals surface area contributed by atoms with Gasteiger partial charge in [-0.2, -0.15) is 0 Å². The zero-order valence-corrected chi connectivity index (χ0v) is 14.4. The maximum Gasteiger partial charge on any atom is 0.408 e. The molecule has 0 unspecified atom stereocenters. The van der Waals surface area contributed by atoms with Crippen molar-refractivity contribution in [3.63, 3.8) is 0 Å². The van der Waals surface area contributed by atoms with Crippen molar-refractivity contribution in [1.29, 1.82) is 0 Å². The molecule has 2 amide bonds. The molecule has 2 N–H and O–H groups in total. The Morgan fingerprint density at radius 1 is 1.48 bits per heavy atom. The predicted molar refractivity (Wildman–Crippen MR) is 86.7 cm³/mol. The van der Waals surface area contributed by atoms with Gasteiger partial charge in [-0.25, -0.2) is 4.79 Å². The molecule has 1 atom stereocenters. The van der Waals surface area contributed by atoms with E-state index in [0.29, 0.717) is 5.75 Å². The molecule has 21 heavy (non-hydrogen) atoms. The second-order valence-corrected chi connectivity index (χ2v) is 7.62. The van der Waals surface area contributed by atoms with E-state index >= 15 is 0 Å². The van der Waals surface area contributed by atoms with Gasteiger partial charge in [0.2, 0.25) is 5.91 Å². The molecule has 1 aromatic carbocycles. The van der Waals surface area contributed by atoms with Crippen LogP contribution in [0.5, 0.6) is 0 Å². The lowest BCUT2D eigenvalue weighted by Crippen LogP contribution is -2.46. The molecule has 114 valence electrons. The normalized spacial score (nSPS) is 18.3. The first-order valence-electron chi connectivity index (χ1n) is 6.47. The van der Waals surface area contributed by atoms with Gasteiger partial charge in [0.05, 0.1) is 5.69 Å². The van der Waals surface area contributed by atoms with Crippen molar-refractivity contribution in [3.05, 3.63) is 22.7 Å². The summed E-state index contributed by atoms with van der Waals surface area (Å²) < 4.78 is 6.07. The molecule has 5 nitrogen and oxygen atoms in total. The van der Waals surface area contributed by atoms with Crippen molar-refractivity contribution in [2.45, 2.75) is 37.3 Å². The number of hydrogen-bond donors (Lipinski definition) is 2. The van der Waals surface area contributed by atoms with Crippen LogP contribution >= 0.6 is 27.7 Å². The van der Waals surface area contributed by atoms with E-state index in [1.54, 1.807) is 20.8 Å². The average Bonchev–Trinajstić information content (AvgIpc) is 2.47. The topological polar surface area (TPSA) is 67.4 Å². The van der Waals surface area contributed by atoms with E-state index in [9.17, 15) is 9.59 Å². The maximum atomic E-state index is 12.2. The Morgan fingerprint density at radius 3 is 2.86 bits per heavy atom. The highest BCUT2D eigenvalue weighted by atomic mass is 79.9. The van der Waals surface area contributed by atoms with Crippen LogP contribution < -0.4 is 10.6 Å². The molecule has 0 saturated carbocycles. The Labute approximate surface area is 136 Å². The number of hydrogen-bond acceptors (Lipinski definition) is 4. The molecule has 0 saturated heterocycles. The number of nitrogens with one attached hydrogen (secondary N) is 2. The summed E-state index contributed by atoms with van der Waals surface area (Å²) in [5, 5.41) is 5.43. The number of ether oxygens (including phenoxy) is 1. The molecule has 1 aromatic rings. The summed E-state index contributed by atoms with van der Waals surface area (Å²) in [5.74, 6) is 0.213. The lowest BCUT2D eigenvalue weighted by molar-refractivity contribution is -0.117. The molecule has 0 aliphatic carbocycles. The minimum absolute atomic E-state index is 0.245. The molecule has 2 rings (SSSR count). The van der Waals surface area contributed by atoms with Crippen LogP contribution in [0.4, 0.5) is 10.5 Å². The Kier molecular flexibility index (Phi) is 4.83. The minimum Gasteiger partial charge on any atom is -0.444 e. The van der Waals surface area contributed by atoms with Gasteiger partial charge in [0.1, 0.15) is 11.6 Å².